The fraction of sp³-hybridized carbons (Fsp3) is 0.300. The number of halogens is 1. The Morgan fingerprint density at radius 3 is 2.40 bits per heavy atom. The Morgan fingerprint density at radius 2 is 2.00 bits per heavy atom. The summed E-state index contributed by atoms with van der Waals surface area (Å²) in [4.78, 5) is 10.5. The monoisotopic (exact) mass is 231 g/mol. The molecule has 1 rings (SSSR count). The summed E-state index contributed by atoms with van der Waals surface area (Å²) in [5, 5.41) is 8.59. The average molecular weight is 232 g/mol. The standard InChI is InChI=1S/C10H13NO3.ClH/c1-14-8-4-2-7(3-5-8)6-9(11)10(12)13;/h2-5,9H,6,11H2,1H3,(H,12,13);1H. The smallest absolute Gasteiger partial charge is 0.320 e. The lowest BCUT2D eigenvalue weighted by Gasteiger charge is -2.06. The third-order valence-corrected chi connectivity index (χ3v) is 1.93. The van der Waals surface area contributed by atoms with Crippen LogP contribution in [-0.2, 0) is 11.2 Å². The van der Waals surface area contributed by atoms with Gasteiger partial charge in [0, 0.05) is 0 Å². The van der Waals surface area contributed by atoms with Crippen molar-refractivity contribution in [3.8, 4) is 5.75 Å². The molecule has 84 valence electrons. The van der Waals surface area contributed by atoms with Crippen molar-refractivity contribution < 1.29 is 14.6 Å². The molecule has 0 heterocycles. The number of carbonyl (C=O) groups is 1. The molecule has 0 aliphatic carbocycles. The molecule has 1 unspecified atom stereocenters. The number of nitrogens with two attached hydrogens (primary N) is 1. The van der Waals surface area contributed by atoms with E-state index in [-0.39, 0.29) is 12.4 Å². The molecule has 0 aromatic heterocycles. The molecular formula is C10H14ClNO3. The van der Waals surface area contributed by atoms with Crippen LogP contribution in [0, 0.1) is 0 Å². The van der Waals surface area contributed by atoms with Crippen LogP contribution in [0.1, 0.15) is 5.56 Å². The fourth-order valence-corrected chi connectivity index (χ4v) is 1.10. The molecule has 0 aliphatic heterocycles. The molecule has 3 N–H and O–H groups in total. The van der Waals surface area contributed by atoms with E-state index >= 15 is 0 Å². The molecule has 0 aliphatic rings. The number of benzene rings is 1. The molecular weight excluding hydrogens is 218 g/mol. The zero-order valence-corrected chi connectivity index (χ0v) is 9.16. The Kier molecular flexibility index (Phi) is 5.74. The van der Waals surface area contributed by atoms with Crippen LogP contribution in [0.5, 0.6) is 5.75 Å². The summed E-state index contributed by atoms with van der Waals surface area (Å²) in [6.07, 6.45) is 0.333. The minimum absolute atomic E-state index is 0. The second-order valence-electron chi connectivity index (χ2n) is 3.00. The van der Waals surface area contributed by atoms with Gasteiger partial charge in [0.25, 0.3) is 0 Å². The molecule has 0 amide bonds. The van der Waals surface area contributed by atoms with Crippen molar-refractivity contribution >= 4 is 18.4 Å². The maximum atomic E-state index is 10.5. The summed E-state index contributed by atoms with van der Waals surface area (Å²) in [7, 11) is 1.58. The van der Waals surface area contributed by atoms with Crippen LogP contribution in [0.2, 0.25) is 0 Å². The quantitative estimate of drug-likeness (QED) is 0.813. The summed E-state index contributed by atoms with van der Waals surface area (Å²) in [5.74, 6) is -0.238. The fourth-order valence-electron chi connectivity index (χ4n) is 1.10. The predicted molar refractivity (Wildman–Crippen MR) is 59.6 cm³/mol. The van der Waals surface area contributed by atoms with Gasteiger partial charge >= 0.3 is 5.97 Å². The number of ether oxygens (including phenoxy) is 1. The molecule has 1 atom stereocenters. The van der Waals surface area contributed by atoms with Crippen molar-refractivity contribution in [1.29, 1.82) is 0 Å². The number of methoxy groups -OCH3 is 1. The lowest BCUT2D eigenvalue weighted by molar-refractivity contribution is -0.138. The third kappa shape index (κ3) is 4.18. The molecule has 0 bridgehead atoms. The second kappa shape index (κ2) is 6.27. The van der Waals surface area contributed by atoms with Crippen molar-refractivity contribution in [1.82, 2.24) is 0 Å². The van der Waals surface area contributed by atoms with E-state index in [1.165, 1.54) is 0 Å². The van der Waals surface area contributed by atoms with Gasteiger partial charge in [-0.2, -0.15) is 0 Å². The number of rotatable bonds is 4. The predicted octanol–water partition coefficient (Wildman–Crippen LogP) is 1.07. The van der Waals surface area contributed by atoms with Gasteiger partial charge in [-0.3, -0.25) is 4.79 Å². The van der Waals surface area contributed by atoms with Crippen LogP contribution in [0.15, 0.2) is 24.3 Å². The van der Waals surface area contributed by atoms with Gasteiger partial charge < -0.3 is 15.6 Å². The maximum absolute atomic E-state index is 10.5. The minimum atomic E-state index is -0.985. The van der Waals surface area contributed by atoms with Crippen molar-refractivity contribution in [3.05, 3.63) is 29.8 Å². The highest BCUT2D eigenvalue weighted by Crippen LogP contribution is 2.12. The van der Waals surface area contributed by atoms with Gasteiger partial charge in [-0.25, -0.2) is 0 Å². The van der Waals surface area contributed by atoms with Crippen LogP contribution < -0.4 is 10.5 Å². The molecule has 0 spiro atoms. The van der Waals surface area contributed by atoms with E-state index in [9.17, 15) is 4.79 Å². The Hall–Kier alpha value is -1.26. The highest BCUT2D eigenvalue weighted by atomic mass is 35.5. The van der Waals surface area contributed by atoms with Gasteiger partial charge in [-0.05, 0) is 24.1 Å². The van der Waals surface area contributed by atoms with Gasteiger partial charge in [-0.15, -0.1) is 12.4 Å². The highest BCUT2D eigenvalue weighted by Gasteiger charge is 2.11. The van der Waals surface area contributed by atoms with Gasteiger partial charge in [0.05, 0.1) is 7.11 Å². The van der Waals surface area contributed by atoms with Gasteiger partial charge in [-0.1, -0.05) is 12.1 Å². The molecule has 5 heteroatoms. The summed E-state index contributed by atoms with van der Waals surface area (Å²) in [5.41, 5.74) is 6.28. The number of hydrogen-bond acceptors (Lipinski definition) is 3. The average Bonchev–Trinajstić information content (AvgIpc) is 2.19. The minimum Gasteiger partial charge on any atom is -0.497 e. The van der Waals surface area contributed by atoms with Crippen molar-refractivity contribution in [3.63, 3.8) is 0 Å². The zero-order chi connectivity index (χ0) is 10.6. The SMILES string of the molecule is COc1ccc(CC(N)C(=O)O)cc1.Cl. The maximum Gasteiger partial charge on any atom is 0.320 e. The lowest BCUT2D eigenvalue weighted by atomic mass is 10.1. The summed E-state index contributed by atoms with van der Waals surface area (Å²) in [6, 6.07) is 6.33. The Labute approximate surface area is 94.5 Å². The van der Waals surface area contributed by atoms with Crippen molar-refractivity contribution in [2.45, 2.75) is 12.5 Å². The number of carboxylic acid groups (broad SMARTS) is 1. The molecule has 0 radical (unpaired) electrons. The second-order valence-corrected chi connectivity index (χ2v) is 3.00. The van der Waals surface area contributed by atoms with E-state index in [0.717, 1.165) is 11.3 Å². The Morgan fingerprint density at radius 1 is 1.47 bits per heavy atom. The third-order valence-electron chi connectivity index (χ3n) is 1.93. The van der Waals surface area contributed by atoms with E-state index in [1.807, 2.05) is 12.1 Å². The first-order valence-electron chi connectivity index (χ1n) is 4.25. The Balaban J connectivity index is 0.00000196. The van der Waals surface area contributed by atoms with E-state index in [1.54, 1.807) is 19.2 Å². The van der Waals surface area contributed by atoms with Crippen molar-refractivity contribution in [2.75, 3.05) is 7.11 Å². The number of carboxylic acids is 1. The molecule has 1 aromatic carbocycles. The zero-order valence-electron chi connectivity index (χ0n) is 8.34. The number of hydrogen-bond donors (Lipinski definition) is 2. The van der Waals surface area contributed by atoms with Crippen LogP contribution >= 0.6 is 12.4 Å². The molecule has 15 heavy (non-hydrogen) atoms. The van der Waals surface area contributed by atoms with Crippen molar-refractivity contribution in [2.24, 2.45) is 5.73 Å². The van der Waals surface area contributed by atoms with Gasteiger partial charge in [0.15, 0.2) is 0 Å². The highest BCUT2D eigenvalue weighted by molar-refractivity contribution is 5.85. The first-order valence-corrected chi connectivity index (χ1v) is 4.25. The molecule has 4 nitrogen and oxygen atoms in total. The molecule has 0 saturated heterocycles. The largest absolute Gasteiger partial charge is 0.497 e. The first-order chi connectivity index (χ1) is 6.63. The van der Waals surface area contributed by atoms with Crippen LogP contribution in [0.3, 0.4) is 0 Å². The van der Waals surface area contributed by atoms with Gasteiger partial charge in [0.1, 0.15) is 11.8 Å². The summed E-state index contributed by atoms with van der Waals surface area (Å²) >= 11 is 0. The molecule has 0 saturated carbocycles. The Bertz CT molecular complexity index is 313. The molecule has 1 aromatic rings. The first kappa shape index (κ1) is 13.7. The lowest BCUT2D eigenvalue weighted by Crippen LogP contribution is -2.32. The summed E-state index contributed by atoms with van der Waals surface area (Å²) < 4.78 is 4.97. The van der Waals surface area contributed by atoms with Crippen LogP contribution in [0.25, 0.3) is 0 Å². The van der Waals surface area contributed by atoms with E-state index in [4.69, 9.17) is 15.6 Å². The molecule has 0 fully saturated rings. The normalized spacial score (nSPS) is 11.3. The van der Waals surface area contributed by atoms with E-state index in [0.29, 0.717) is 6.42 Å². The topological polar surface area (TPSA) is 72.5 Å². The van der Waals surface area contributed by atoms with E-state index in [2.05, 4.69) is 0 Å². The van der Waals surface area contributed by atoms with E-state index < -0.39 is 12.0 Å². The van der Waals surface area contributed by atoms with Crippen LogP contribution in [0.4, 0.5) is 0 Å². The van der Waals surface area contributed by atoms with Gasteiger partial charge in [0.2, 0.25) is 0 Å². The van der Waals surface area contributed by atoms with Crippen LogP contribution in [-0.4, -0.2) is 24.2 Å². The number of aliphatic carboxylic acids is 1. The summed E-state index contributed by atoms with van der Waals surface area (Å²) in [6.45, 7) is 0.